The first-order chi connectivity index (χ1) is 7.22. The lowest BCUT2D eigenvalue weighted by Crippen LogP contribution is -2.35. The largest absolute Gasteiger partial charge is 0.317 e. The van der Waals surface area contributed by atoms with Crippen LogP contribution in [0, 0.1) is 5.92 Å². The zero-order chi connectivity index (χ0) is 11.1. The van der Waals surface area contributed by atoms with Crippen molar-refractivity contribution in [3.8, 4) is 0 Å². The predicted octanol–water partition coefficient (Wildman–Crippen LogP) is 0.870. The summed E-state index contributed by atoms with van der Waals surface area (Å²) < 4.78 is 0. The van der Waals surface area contributed by atoms with E-state index in [1.165, 1.54) is 39.1 Å². The van der Waals surface area contributed by atoms with Gasteiger partial charge in [0.15, 0.2) is 0 Å². The summed E-state index contributed by atoms with van der Waals surface area (Å²) in [5.74, 6) is 0.772. The van der Waals surface area contributed by atoms with E-state index in [1.54, 1.807) is 0 Å². The van der Waals surface area contributed by atoms with E-state index in [9.17, 15) is 0 Å². The van der Waals surface area contributed by atoms with Gasteiger partial charge in [-0.25, -0.2) is 0 Å². The molecular formula is C12H27N3. The Balaban J connectivity index is 2.18. The summed E-state index contributed by atoms with van der Waals surface area (Å²) in [6.45, 7) is 13.0. The highest BCUT2D eigenvalue weighted by Crippen LogP contribution is 2.04. The Labute approximate surface area is 94.8 Å². The van der Waals surface area contributed by atoms with Gasteiger partial charge in [0.2, 0.25) is 0 Å². The van der Waals surface area contributed by atoms with E-state index >= 15 is 0 Å². The van der Waals surface area contributed by atoms with E-state index in [-0.39, 0.29) is 0 Å². The number of nitrogens with one attached hydrogen (secondary N) is 1. The normalized spacial score (nSPS) is 22.6. The van der Waals surface area contributed by atoms with Crippen LogP contribution in [0.15, 0.2) is 0 Å². The maximum Gasteiger partial charge on any atom is 0.0109 e. The molecule has 1 fully saturated rings. The van der Waals surface area contributed by atoms with Crippen molar-refractivity contribution in [2.45, 2.75) is 20.3 Å². The second-order valence-electron chi connectivity index (χ2n) is 4.87. The molecule has 1 aliphatic heterocycles. The molecule has 0 saturated carbocycles. The smallest absolute Gasteiger partial charge is 0.0109 e. The van der Waals surface area contributed by atoms with Crippen molar-refractivity contribution in [1.29, 1.82) is 0 Å². The molecule has 1 N–H and O–H groups in total. The van der Waals surface area contributed by atoms with Gasteiger partial charge in [0, 0.05) is 19.6 Å². The highest BCUT2D eigenvalue weighted by molar-refractivity contribution is 4.70. The molecule has 3 heteroatoms. The standard InChI is InChI=1S/C12H27N3/c1-4-13-10-12(2)11-15-7-5-6-14(3)8-9-15/h12-13H,4-11H2,1-3H3. The molecule has 0 aromatic heterocycles. The zero-order valence-corrected chi connectivity index (χ0v) is 10.6. The van der Waals surface area contributed by atoms with Crippen molar-refractivity contribution in [2.75, 3.05) is 52.9 Å². The third-order valence-corrected chi connectivity index (χ3v) is 3.12. The van der Waals surface area contributed by atoms with Crippen LogP contribution < -0.4 is 5.32 Å². The molecule has 1 heterocycles. The SMILES string of the molecule is CCNCC(C)CN1CCCN(C)CC1. The molecule has 1 atom stereocenters. The summed E-state index contributed by atoms with van der Waals surface area (Å²) in [6.07, 6.45) is 1.32. The molecule has 15 heavy (non-hydrogen) atoms. The van der Waals surface area contributed by atoms with Crippen LogP contribution in [0.5, 0.6) is 0 Å². The number of likely N-dealkylation sites (N-methyl/N-ethyl adjacent to an activating group) is 1. The van der Waals surface area contributed by atoms with Crippen LogP contribution >= 0.6 is 0 Å². The fourth-order valence-electron chi connectivity index (χ4n) is 2.18. The van der Waals surface area contributed by atoms with Crippen molar-refractivity contribution in [3.05, 3.63) is 0 Å². The van der Waals surface area contributed by atoms with Gasteiger partial charge < -0.3 is 15.1 Å². The Morgan fingerprint density at radius 1 is 1.20 bits per heavy atom. The molecule has 1 aliphatic rings. The second-order valence-corrected chi connectivity index (χ2v) is 4.87. The monoisotopic (exact) mass is 213 g/mol. The first-order valence-corrected chi connectivity index (χ1v) is 6.34. The van der Waals surface area contributed by atoms with E-state index in [0.717, 1.165) is 19.0 Å². The maximum atomic E-state index is 3.42. The average molecular weight is 213 g/mol. The highest BCUT2D eigenvalue weighted by atomic mass is 15.2. The molecule has 0 radical (unpaired) electrons. The lowest BCUT2D eigenvalue weighted by Gasteiger charge is -2.24. The molecule has 3 nitrogen and oxygen atoms in total. The third kappa shape index (κ3) is 5.50. The molecule has 90 valence electrons. The molecule has 0 amide bonds. The fraction of sp³-hybridized carbons (Fsp3) is 1.00. The van der Waals surface area contributed by atoms with Crippen LogP contribution in [0.25, 0.3) is 0 Å². The Morgan fingerprint density at radius 2 is 2.00 bits per heavy atom. The van der Waals surface area contributed by atoms with Gasteiger partial charge in [-0.2, -0.15) is 0 Å². The van der Waals surface area contributed by atoms with Gasteiger partial charge >= 0.3 is 0 Å². The summed E-state index contributed by atoms with van der Waals surface area (Å²) in [4.78, 5) is 5.06. The topological polar surface area (TPSA) is 18.5 Å². The van der Waals surface area contributed by atoms with Crippen molar-refractivity contribution in [1.82, 2.24) is 15.1 Å². The maximum absolute atomic E-state index is 3.42. The number of hydrogen-bond donors (Lipinski definition) is 1. The van der Waals surface area contributed by atoms with Crippen LogP contribution in [-0.2, 0) is 0 Å². The van der Waals surface area contributed by atoms with E-state index in [4.69, 9.17) is 0 Å². The Bertz CT molecular complexity index is 161. The van der Waals surface area contributed by atoms with E-state index in [1.807, 2.05) is 0 Å². The van der Waals surface area contributed by atoms with Crippen LogP contribution in [0.3, 0.4) is 0 Å². The minimum absolute atomic E-state index is 0.772. The second kappa shape index (κ2) is 7.20. The molecule has 1 saturated heterocycles. The van der Waals surface area contributed by atoms with Gasteiger partial charge in [-0.15, -0.1) is 0 Å². The minimum Gasteiger partial charge on any atom is -0.317 e. The third-order valence-electron chi connectivity index (χ3n) is 3.12. The number of rotatable bonds is 5. The summed E-state index contributed by atoms with van der Waals surface area (Å²) in [5, 5.41) is 3.42. The Hall–Kier alpha value is -0.120. The zero-order valence-electron chi connectivity index (χ0n) is 10.6. The highest BCUT2D eigenvalue weighted by Gasteiger charge is 2.13. The first-order valence-electron chi connectivity index (χ1n) is 6.34. The summed E-state index contributed by atoms with van der Waals surface area (Å²) >= 11 is 0. The van der Waals surface area contributed by atoms with Crippen molar-refractivity contribution in [3.63, 3.8) is 0 Å². The van der Waals surface area contributed by atoms with Crippen LogP contribution in [0.2, 0.25) is 0 Å². The quantitative estimate of drug-likeness (QED) is 0.731. The molecule has 1 unspecified atom stereocenters. The lowest BCUT2D eigenvalue weighted by molar-refractivity contribution is 0.240. The van der Waals surface area contributed by atoms with E-state index in [0.29, 0.717) is 0 Å². The van der Waals surface area contributed by atoms with Crippen LogP contribution in [0.4, 0.5) is 0 Å². The van der Waals surface area contributed by atoms with Gasteiger partial charge in [0.25, 0.3) is 0 Å². The lowest BCUT2D eigenvalue weighted by atomic mass is 10.1. The molecule has 0 bridgehead atoms. The van der Waals surface area contributed by atoms with E-state index in [2.05, 4.69) is 36.0 Å². The van der Waals surface area contributed by atoms with Crippen LogP contribution in [0.1, 0.15) is 20.3 Å². The van der Waals surface area contributed by atoms with Gasteiger partial charge in [-0.1, -0.05) is 13.8 Å². The number of nitrogens with zero attached hydrogens (tertiary/aromatic N) is 2. The predicted molar refractivity (Wildman–Crippen MR) is 66.3 cm³/mol. The molecule has 0 spiro atoms. The van der Waals surface area contributed by atoms with Crippen LogP contribution in [-0.4, -0.2) is 62.7 Å². The van der Waals surface area contributed by atoms with Crippen molar-refractivity contribution >= 4 is 0 Å². The molecule has 0 aliphatic carbocycles. The minimum atomic E-state index is 0.772. The van der Waals surface area contributed by atoms with Gasteiger partial charge in [0.05, 0.1) is 0 Å². The fourth-order valence-corrected chi connectivity index (χ4v) is 2.18. The average Bonchev–Trinajstić information content (AvgIpc) is 2.41. The Morgan fingerprint density at radius 3 is 2.73 bits per heavy atom. The van der Waals surface area contributed by atoms with Gasteiger partial charge in [-0.05, 0) is 45.6 Å². The van der Waals surface area contributed by atoms with Crippen molar-refractivity contribution < 1.29 is 0 Å². The van der Waals surface area contributed by atoms with E-state index < -0.39 is 0 Å². The van der Waals surface area contributed by atoms with Gasteiger partial charge in [-0.3, -0.25) is 0 Å². The molecule has 0 aromatic carbocycles. The number of hydrogen-bond acceptors (Lipinski definition) is 3. The molecule has 0 aromatic rings. The molecule has 1 rings (SSSR count). The van der Waals surface area contributed by atoms with Crippen molar-refractivity contribution in [2.24, 2.45) is 5.92 Å². The van der Waals surface area contributed by atoms with Gasteiger partial charge in [0.1, 0.15) is 0 Å². The summed E-state index contributed by atoms with van der Waals surface area (Å²) in [5.41, 5.74) is 0. The first kappa shape index (κ1) is 12.9. The summed E-state index contributed by atoms with van der Waals surface area (Å²) in [7, 11) is 2.23. The Kier molecular flexibility index (Phi) is 6.22. The summed E-state index contributed by atoms with van der Waals surface area (Å²) in [6, 6.07) is 0. The molecular weight excluding hydrogens is 186 g/mol.